The molecule has 0 bridgehead atoms. The number of nitrogens with two attached hydrogens (primary N) is 1. The Bertz CT molecular complexity index is 863. The molecule has 2 N–H and O–H groups in total. The van der Waals surface area contributed by atoms with Crippen molar-refractivity contribution in [1.82, 2.24) is 5.01 Å². The second-order valence-corrected chi connectivity index (χ2v) is 6.30. The minimum Gasteiger partial charge on any atom is -0.435 e. The van der Waals surface area contributed by atoms with Gasteiger partial charge in [0.15, 0.2) is 0 Å². The fourth-order valence-electron chi connectivity index (χ4n) is 3.48. The van der Waals surface area contributed by atoms with E-state index in [1.807, 2.05) is 0 Å². The van der Waals surface area contributed by atoms with Gasteiger partial charge in [-0.15, -0.1) is 0 Å². The van der Waals surface area contributed by atoms with Gasteiger partial charge in [-0.1, -0.05) is 30.3 Å². The Morgan fingerprint density at radius 1 is 1.00 bits per heavy atom. The lowest BCUT2D eigenvalue weighted by Gasteiger charge is -2.31. The number of hydrogen-bond donors (Lipinski definition) is 1. The van der Waals surface area contributed by atoms with Crippen LogP contribution in [0.5, 0.6) is 11.5 Å². The zero-order valence-electron chi connectivity index (χ0n) is 15.0. The maximum atomic E-state index is 12.9. The molecule has 0 amide bonds. The predicted octanol–water partition coefficient (Wildman–Crippen LogP) is 3.44. The molecule has 0 aliphatic carbocycles. The van der Waals surface area contributed by atoms with Crippen molar-refractivity contribution < 1.29 is 27.0 Å². The number of alkyl halides is 4. The Labute approximate surface area is 159 Å². The van der Waals surface area contributed by atoms with E-state index in [1.54, 1.807) is 48.5 Å². The topological polar surface area (TPSA) is 60.1 Å². The van der Waals surface area contributed by atoms with E-state index in [0.717, 1.165) is 0 Å². The zero-order chi connectivity index (χ0) is 20.3. The highest BCUT2D eigenvalue weighted by atomic mass is 19.3. The molecule has 1 atom stereocenters. The molecule has 1 aliphatic rings. The summed E-state index contributed by atoms with van der Waals surface area (Å²) in [4.78, 5) is 0. The third-order valence-corrected chi connectivity index (χ3v) is 4.55. The molecule has 2 aromatic carbocycles. The van der Waals surface area contributed by atoms with E-state index < -0.39 is 18.6 Å². The highest BCUT2D eigenvalue weighted by Gasteiger charge is 2.46. The first-order valence-electron chi connectivity index (χ1n) is 8.46. The summed E-state index contributed by atoms with van der Waals surface area (Å²) in [5.41, 5.74) is 6.10. The van der Waals surface area contributed by atoms with Crippen molar-refractivity contribution in [3.05, 3.63) is 59.7 Å². The van der Waals surface area contributed by atoms with Crippen LogP contribution in [0, 0.1) is 0 Å². The maximum absolute atomic E-state index is 12.9. The van der Waals surface area contributed by atoms with Crippen molar-refractivity contribution in [2.24, 2.45) is 10.8 Å². The van der Waals surface area contributed by atoms with E-state index in [1.165, 1.54) is 12.1 Å². The zero-order valence-corrected chi connectivity index (χ0v) is 15.0. The van der Waals surface area contributed by atoms with Gasteiger partial charge in [-0.2, -0.15) is 22.7 Å². The van der Waals surface area contributed by atoms with Gasteiger partial charge in [-0.3, -0.25) is 5.01 Å². The summed E-state index contributed by atoms with van der Waals surface area (Å²) in [6.45, 7) is -5.80. The minimum atomic E-state index is -3.03. The van der Waals surface area contributed by atoms with Crippen LogP contribution in [0.4, 0.5) is 17.6 Å². The molecule has 0 fully saturated rings. The van der Waals surface area contributed by atoms with E-state index in [9.17, 15) is 17.6 Å². The molecule has 1 aliphatic heterocycles. The van der Waals surface area contributed by atoms with Gasteiger partial charge in [0.25, 0.3) is 0 Å². The summed E-state index contributed by atoms with van der Waals surface area (Å²) in [7, 11) is 1.69. The average molecular weight is 397 g/mol. The standard InChI is InChI=1S/C19H19F4N3O2/c1-26-11-19(10-24,13-7-3-5-9-15(13)28-18(22)23)16(25-26)12-6-2-4-8-14(12)27-17(20)21/h2-9,17-18H,10-11,24H2,1H3. The molecule has 1 unspecified atom stereocenters. The highest BCUT2D eigenvalue weighted by molar-refractivity contribution is 6.11. The quantitative estimate of drug-likeness (QED) is 0.728. The predicted molar refractivity (Wildman–Crippen MR) is 96.0 cm³/mol. The monoisotopic (exact) mass is 397 g/mol. The van der Waals surface area contributed by atoms with Gasteiger partial charge in [-0.05, 0) is 18.2 Å². The number of ether oxygens (including phenoxy) is 2. The third-order valence-electron chi connectivity index (χ3n) is 4.55. The molecular weight excluding hydrogens is 378 g/mol. The number of hydrazone groups is 1. The van der Waals surface area contributed by atoms with Crippen LogP contribution in [0.15, 0.2) is 53.6 Å². The van der Waals surface area contributed by atoms with Crippen LogP contribution >= 0.6 is 0 Å². The summed E-state index contributed by atoms with van der Waals surface area (Å²) in [5.74, 6) is -0.116. The lowest BCUT2D eigenvalue weighted by molar-refractivity contribution is -0.0514. The average Bonchev–Trinajstić information content (AvgIpc) is 2.99. The fourth-order valence-corrected chi connectivity index (χ4v) is 3.48. The van der Waals surface area contributed by atoms with Gasteiger partial charge >= 0.3 is 13.2 Å². The summed E-state index contributed by atoms with van der Waals surface area (Å²) in [6.07, 6.45) is 0. The molecule has 0 radical (unpaired) electrons. The lowest BCUT2D eigenvalue weighted by atomic mass is 9.73. The van der Waals surface area contributed by atoms with Crippen molar-refractivity contribution in [2.45, 2.75) is 18.6 Å². The minimum absolute atomic E-state index is 0.0111. The van der Waals surface area contributed by atoms with E-state index >= 15 is 0 Å². The van der Waals surface area contributed by atoms with E-state index in [2.05, 4.69) is 14.6 Å². The number of benzene rings is 2. The Balaban J connectivity index is 2.16. The first-order valence-corrected chi connectivity index (χ1v) is 8.46. The molecule has 0 spiro atoms. The van der Waals surface area contributed by atoms with Gasteiger partial charge in [0.1, 0.15) is 11.5 Å². The molecule has 5 nitrogen and oxygen atoms in total. The SMILES string of the molecule is CN1CC(CN)(c2ccccc2OC(F)F)C(c2ccccc2OC(F)F)=N1. The number of nitrogens with zero attached hydrogens (tertiary/aromatic N) is 2. The Kier molecular flexibility index (Phi) is 5.73. The molecule has 3 rings (SSSR count). The van der Waals surface area contributed by atoms with Crippen LogP contribution in [0.3, 0.4) is 0 Å². The van der Waals surface area contributed by atoms with Crippen molar-refractivity contribution in [1.29, 1.82) is 0 Å². The third kappa shape index (κ3) is 3.75. The molecule has 1 heterocycles. The Morgan fingerprint density at radius 3 is 2.21 bits per heavy atom. The van der Waals surface area contributed by atoms with E-state index in [0.29, 0.717) is 16.8 Å². The maximum Gasteiger partial charge on any atom is 0.387 e. The molecule has 28 heavy (non-hydrogen) atoms. The summed E-state index contributed by atoms with van der Waals surface area (Å²) >= 11 is 0. The molecule has 0 saturated heterocycles. The first-order chi connectivity index (χ1) is 13.4. The fraction of sp³-hybridized carbons (Fsp3) is 0.316. The van der Waals surface area contributed by atoms with Gasteiger partial charge in [0, 0.05) is 24.7 Å². The number of rotatable bonds is 7. The van der Waals surface area contributed by atoms with Gasteiger partial charge in [0.05, 0.1) is 17.7 Å². The van der Waals surface area contributed by atoms with Crippen LogP contribution in [0.2, 0.25) is 0 Å². The Hall–Kier alpha value is -2.81. The molecule has 0 aromatic heterocycles. The van der Waals surface area contributed by atoms with Crippen molar-refractivity contribution in [2.75, 3.05) is 20.1 Å². The van der Waals surface area contributed by atoms with Crippen LogP contribution in [0.25, 0.3) is 0 Å². The van der Waals surface area contributed by atoms with Crippen LogP contribution in [-0.4, -0.2) is 44.1 Å². The van der Waals surface area contributed by atoms with Gasteiger partial charge in [0.2, 0.25) is 0 Å². The largest absolute Gasteiger partial charge is 0.435 e. The van der Waals surface area contributed by atoms with Gasteiger partial charge in [-0.25, -0.2) is 0 Å². The molecule has 2 aromatic rings. The Morgan fingerprint density at radius 2 is 1.57 bits per heavy atom. The van der Waals surface area contributed by atoms with Crippen LogP contribution in [-0.2, 0) is 5.41 Å². The highest BCUT2D eigenvalue weighted by Crippen LogP contribution is 2.41. The number of halogens is 4. The number of para-hydroxylation sites is 2. The molecule has 0 saturated carbocycles. The van der Waals surface area contributed by atoms with Crippen LogP contribution in [0.1, 0.15) is 11.1 Å². The van der Waals surface area contributed by atoms with Crippen LogP contribution < -0.4 is 15.2 Å². The van der Waals surface area contributed by atoms with Gasteiger partial charge < -0.3 is 15.2 Å². The first kappa shape index (κ1) is 19.9. The van der Waals surface area contributed by atoms with E-state index in [4.69, 9.17) is 5.73 Å². The molecular formula is C19H19F4N3O2. The van der Waals surface area contributed by atoms with Crippen molar-refractivity contribution in [3.8, 4) is 11.5 Å². The van der Waals surface area contributed by atoms with Crippen molar-refractivity contribution >= 4 is 5.71 Å². The summed E-state index contributed by atoms with van der Waals surface area (Å²) < 4.78 is 60.9. The lowest BCUT2D eigenvalue weighted by Crippen LogP contribution is -2.45. The number of hydrogen-bond acceptors (Lipinski definition) is 5. The van der Waals surface area contributed by atoms with Crippen molar-refractivity contribution in [3.63, 3.8) is 0 Å². The smallest absolute Gasteiger partial charge is 0.387 e. The normalized spacial score (nSPS) is 19.3. The molecule has 9 heteroatoms. The molecule has 150 valence electrons. The number of likely N-dealkylation sites (N-methyl/N-ethyl adjacent to an activating group) is 1. The summed E-state index contributed by atoms with van der Waals surface area (Å²) in [6, 6.07) is 12.4. The van der Waals surface area contributed by atoms with E-state index in [-0.39, 0.29) is 24.6 Å². The summed E-state index contributed by atoms with van der Waals surface area (Å²) in [5, 5.41) is 6.03. The second kappa shape index (κ2) is 8.05. The second-order valence-electron chi connectivity index (χ2n) is 6.30.